The smallest absolute Gasteiger partial charge is 0.310 e. The number of imide groups is 1. The highest BCUT2D eigenvalue weighted by molar-refractivity contribution is 6.21. The van der Waals surface area contributed by atoms with Crippen LogP contribution >= 0.6 is 0 Å². The van der Waals surface area contributed by atoms with Gasteiger partial charge in [0.15, 0.2) is 6.61 Å². The van der Waals surface area contributed by atoms with E-state index in [1.165, 1.54) is 25.2 Å². The minimum absolute atomic E-state index is 0.0458. The van der Waals surface area contributed by atoms with Crippen molar-refractivity contribution in [2.24, 2.45) is 0 Å². The van der Waals surface area contributed by atoms with Gasteiger partial charge in [0.05, 0.1) is 17.5 Å². The molecule has 1 aliphatic rings. The summed E-state index contributed by atoms with van der Waals surface area (Å²) in [7, 11) is 1.40. The number of hydrogen-bond donors (Lipinski definition) is 1. The highest BCUT2D eigenvalue weighted by Crippen LogP contribution is 2.24. The summed E-state index contributed by atoms with van der Waals surface area (Å²) in [5.41, 5.74) is 3.77. The van der Waals surface area contributed by atoms with Crippen LogP contribution in [0.5, 0.6) is 0 Å². The molecule has 7 nitrogen and oxygen atoms in total. The van der Waals surface area contributed by atoms with Crippen LogP contribution in [0, 0.1) is 0 Å². The monoisotopic (exact) mass is 428 g/mol. The number of nitrogens with one attached hydrogen (secondary N) is 1. The van der Waals surface area contributed by atoms with Crippen LogP contribution in [0.2, 0.25) is 0 Å². The number of amides is 3. The number of hydrogen-bond acceptors (Lipinski definition) is 5. The van der Waals surface area contributed by atoms with Gasteiger partial charge in [-0.1, -0.05) is 54.6 Å². The lowest BCUT2D eigenvalue weighted by molar-refractivity contribution is -0.146. The predicted octanol–water partition coefficient (Wildman–Crippen LogP) is 3.30. The molecule has 0 bridgehead atoms. The van der Waals surface area contributed by atoms with Gasteiger partial charge in [-0.05, 0) is 34.9 Å². The fraction of sp³-hybridized carbons (Fsp3) is 0.120. The van der Waals surface area contributed by atoms with E-state index in [0.29, 0.717) is 11.3 Å². The number of benzene rings is 3. The van der Waals surface area contributed by atoms with Crippen molar-refractivity contribution in [1.82, 2.24) is 4.90 Å². The molecule has 0 saturated carbocycles. The molecule has 0 unspecified atom stereocenters. The van der Waals surface area contributed by atoms with E-state index in [-0.39, 0.29) is 17.9 Å². The van der Waals surface area contributed by atoms with Crippen molar-refractivity contribution in [3.63, 3.8) is 0 Å². The van der Waals surface area contributed by atoms with E-state index in [4.69, 9.17) is 4.74 Å². The van der Waals surface area contributed by atoms with E-state index in [1.54, 1.807) is 0 Å². The number of fused-ring (bicyclic) bond motifs is 1. The van der Waals surface area contributed by atoms with E-state index in [2.05, 4.69) is 5.32 Å². The molecule has 0 saturated heterocycles. The number of anilines is 1. The quantitative estimate of drug-likeness (QED) is 0.480. The summed E-state index contributed by atoms with van der Waals surface area (Å²) in [6.45, 7) is -0.454. The Morgan fingerprint density at radius 2 is 1.50 bits per heavy atom. The normalized spacial score (nSPS) is 12.5. The average Bonchev–Trinajstić information content (AvgIpc) is 3.02. The third-order valence-electron chi connectivity index (χ3n) is 5.15. The molecule has 3 amide bonds. The largest absolute Gasteiger partial charge is 0.455 e. The molecule has 1 aliphatic heterocycles. The van der Waals surface area contributed by atoms with Crippen molar-refractivity contribution in [2.75, 3.05) is 19.0 Å². The van der Waals surface area contributed by atoms with Gasteiger partial charge in [-0.25, -0.2) is 0 Å². The van der Waals surface area contributed by atoms with Gasteiger partial charge < -0.3 is 10.1 Å². The van der Waals surface area contributed by atoms with Gasteiger partial charge in [-0.15, -0.1) is 0 Å². The Morgan fingerprint density at radius 3 is 2.22 bits per heavy atom. The number of ether oxygens (including phenoxy) is 1. The molecule has 0 fully saturated rings. The van der Waals surface area contributed by atoms with Crippen LogP contribution in [-0.2, 0) is 20.7 Å². The van der Waals surface area contributed by atoms with Gasteiger partial charge in [0.2, 0.25) is 0 Å². The summed E-state index contributed by atoms with van der Waals surface area (Å²) in [5, 5.41) is 2.57. The van der Waals surface area contributed by atoms with Crippen LogP contribution in [0.3, 0.4) is 0 Å². The lowest BCUT2D eigenvalue weighted by Gasteiger charge is -2.08. The molecule has 32 heavy (non-hydrogen) atoms. The number of carbonyl (C=O) groups excluding carboxylic acids is 4. The van der Waals surface area contributed by atoms with Crippen molar-refractivity contribution >= 4 is 29.4 Å². The second-order valence-electron chi connectivity index (χ2n) is 7.38. The lowest BCUT2D eigenvalue weighted by Crippen LogP contribution is -2.24. The molecule has 0 radical (unpaired) electrons. The first kappa shape index (κ1) is 21.0. The fourth-order valence-electron chi connectivity index (χ4n) is 3.45. The van der Waals surface area contributed by atoms with E-state index >= 15 is 0 Å². The van der Waals surface area contributed by atoms with Crippen LogP contribution < -0.4 is 5.32 Å². The Bertz CT molecular complexity index is 1200. The van der Waals surface area contributed by atoms with Gasteiger partial charge in [0.1, 0.15) is 0 Å². The van der Waals surface area contributed by atoms with Crippen molar-refractivity contribution < 1.29 is 23.9 Å². The Kier molecular flexibility index (Phi) is 5.81. The summed E-state index contributed by atoms with van der Waals surface area (Å²) < 4.78 is 5.06. The molecule has 7 heteroatoms. The minimum Gasteiger partial charge on any atom is -0.455 e. The Hall–Kier alpha value is -4.26. The maximum Gasteiger partial charge on any atom is 0.310 e. The van der Waals surface area contributed by atoms with Crippen LogP contribution in [0.25, 0.3) is 11.1 Å². The van der Waals surface area contributed by atoms with E-state index < -0.39 is 24.4 Å². The average molecular weight is 428 g/mol. The summed E-state index contributed by atoms with van der Waals surface area (Å²) in [5.74, 6) is -1.87. The third kappa shape index (κ3) is 4.41. The van der Waals surface area contributed by atoms with Crippen LogP contribution in [0.15, 0.2) is 72.8 Å². The molecular weight excluding hydrogens is 408 g/mol. The van der Waals surface area contributed by atoms with Crippen molar-refractivity contribution in [3.05, 3.63) is 89.5 Å². The highest BCUT2D eigenvalue weighted by Gasteiger charge is 2.32. The maximum absolute atomic E-state index is 12.1. The standard InChI is InChI=1S/C25H20N2O5/c1-27-24(30)20-12-11-19(14-21(20)25(27)31)26-22(28)15-32-23(29)13-16-7-9-18(10-8-16)17-5-3-2-4-6-17/h2-12,14H,13,15H2,1H3,(H,26,28). The van der Waals surface area contributed by atoms with Gasteiger partial charge >= 0.3 is 5.97 Å². The molecule has 1 N–H and O–H groups in total. The Balaban J connectivity index is 1.29. The van der Waals surface area contributed by atoms with E-state index in [0.717, 1.165) is 21.6 Å². The zero-order valence-electron chi connectivity index (χ0n) is 17.3. The minimum atomic E-state index is -0.539. The van der Waals surface area contributed by atoms with Gasteiger partial charge in [0, 0.05) is 12.7 Å². The SMILES string of the molecule is CN1C(=O)c2ccc(NC(=O)COC(=O)Cc3ccc(-c4ccccc4)cc3)cc2C1=O. The lowest BCUT2D eigenvalue weighted by atomic mass is 10.0. The molecule has 3 aromatic rings. The van der Waals surface area contributed by atoms with E-state index in [1.807, 2.05) is 54.6 Å². The van der Waals surface area contributed by atoms with Gasteiger partial charge in [-0.3, -0.25) is 24.1 Å². The van der Waals surface area contributed by atoms with Crippen LogP contribution in [0.4, 0.5) is 5.69 Å². The third-order valence-corrected chi connectivity index (χ3v) is 5.15. The fourth-order valence-corrected chi connectivity index (χ4v) is 3.45. The number of esters is 1. The first-order valence-electron chi connectivity index (χ1n) is 9.98. The summed E-state index contributed by atoms with van der Waals surface area (Å²) >= 11 is 0. The summed E-state index contributed by atoms with van der Waals surface area (Å²) in [6.07, 6.45) is 0.0458. The van der Waals surface area contributed by atoms with Gasteiger partial charge in [0.25, 0.3) is 17.7 Å². The highest BCUT2D eigenvalue weighted by atomic mass is 16.5. The van der Waals surface area contributed by atoms with Crippen molar-refractivity contribution in [2.45, 2.75) is 6.42 Å². The molecule has 0 aromatic heterocycles. The second kappa shape index (κ2) is 8.85. The molecule has 3 aromatic carbocycles. The number of nitrogens with zero attached hydrogens (tertiary/aromatic N) is 1. The Labute approximate surface area is 184 Å². The number of rotatable bonds is 6. The second-order valence-corrected chi connectivity index (χ2v) is 7.38. The van der Waals surface area contributed by atoms with E-state index in [9.17, 15) is 19.2 Å². The predicted molar refractivity (Wildman–Crippen MR) is 118 cm³/mol. The molecule has 0 spiro atoms. The number of carbonyl (C=O) groups is 4. The Morgan fingerprint density at radius 1 is 0.844 bits per heavy atom. The van der Waals surface area contributed by atoms with Crippen LogP contribution in [-0.4, -0.2) is 42.2 Å². The topological polar surface area (TPSA) is 92.8 Å². The molecule has 160 valence electrons. The van der Waals surface area contributed by atoms with Crippen LogP contribution in [0.1, 0.15) is 26.3 Å². The van der Waals surface area contributed by atoms with Crippen molar-refractivity contribution in [3.8, 4) is 11.1 Å². The first-order valence-corrected chi connectivity index (χ1v) is 9.98. The molecule has 1 heterocycles. The molecule has 4 rings (SSSR count). The summed E-state index contributed by atoms with van der Waals surface area (Å²) in [4.78, 5) is 49.2. The molecule has 0 atom stereocenters. The molecule has 0 aliphatic carbocycles. The summed E-state index contributed by atoms with van der Waals surface area (Å²) in [6, 6.07) is 21.9. The van der Waals surface area contributed by atoms with Gasteiger partial charge in [-0.2, -0.15) is 0 Å². The first-order chi connectivity index (χ1) is 15.4. The van der Waals surface area contributed by atoms with Crippen molar-refractivity contribution in [1.29, 1.82) is 0 Å². The zero-order valence-corrected chi connectivity index (χ0v) is 17.3. The molecular formula is C25H20N2O5. The zero-order chi connectivity index (χ0) is 22.7. The maximum atomic E-state index is 12.1.